The Hall–Kier alpha value is -3.54. The van der Waals surface area contributed by atoms with Gasteiger partial charge in [0.1, 0.15) is 11.4 Å². The van der Waals surface area contributed by atoms with Crippen LogP contribution in [0.2, 0.25) is 0 Å². The summed E-state index contributed by atoms with van der Waals surface area (Å²) >= 11 is 0. The van der Waals surface area contributed by atoms with Crippen LogP contribution in [0, 0.1) is 23.7 Å². The van der Waals surface area contributed by atoms with Gasteiger partial charge in [-0.2, -0.15) is 5.10 Å². The fraction of sp³-hybridized carbons (Fsp3) is 0.407. The van der Waals surface area contributed by atoms with Crippen LogP contribution in [0.15, 0.2) is 48.8 Å². The van der Waals surface area contributed by atoms with Gasteiger partial charge < -0.3 is 14.9 Å². The Bertz CT molecular complexity index is 1210. The molecule has 3 heterocycles. The molecule has 0 radical (unpaired) electrons. The molecule has 8 heteroatoms. The number of nitrogens with zero attached hydrogens (tertiary/aromatic N) is 4. The van der Waals surface area contributed by atoms with Crippen molar-refractivity contribution in [1.29, 1.82) is 0 Å². The van der Waals surface area contributed by atoms with Crippen molar-refractivity contribution in [3.63, 3.8) is 0 Å². The average molecular weight is 475 g/mol. The molecule has 8 nitrogen and oxygen atoms in total. The molecule has 0 spiro atoms. The van der Waals surface area contributed by atoms with Crippen LogP contribution in [0.25, 0.3) is 10.9 Å². The largest absolute Gasteiger partial charge is 0.497 e. The molecule has 0 amide bonds. The normalized spacial score (nSPS) is 19.0. The lowest BCUT2D eigenvalue weighted by molar-refractivity contribution is -0.139. The number of hydrogen-bond donors (Lipinski definition) is 2. The number of pyridine rings is 1. The summed E-state index contributed by atoms with van der Waals surface area (Å²) in [6.07, 6.45) is 4.97. The minimum absolute atomic E-state index is 0.0149. The van der Waals surface area contributed by atoms with Crippen LogP contribution in [0.1, 0.15) is 43.0 Å². The first-order chi connectivity index (χ1) is 17.0. The average Bonchev–Trinajstić information content (AvgIpc) is 2.87. The van der Waals surface area contributed by atoms with Gasteiger partial charge in [0.2, 0.25) is 0 Å². The number of methoxy groups -OCH3 is 1. The second-order valence-electron chi connectivity index (χ2n) is 8.93. The Morgan fingerprint density at radius 2 is 2.14 bits per heavy atom. The topological polar surface area (TPSA) is 109 Å². The molecular formula is C27H30N4O4. The highest BCUT2D eigenvalue weighted by molar-refractivity contribution is 5.83. The number of benzene rings is 1. The lowest BCUT2D eigenvalue weighted by Crippen LogP contribution is -2.41. The zero-order valence-corrected chi connectivity index (χ0v) is 19.8. The summed E-state index contributed by atoms with van der Waals surface area (Å²) in [5.74, 6) is 6.31. The first-order valence-corrected chi connectivity index (χ1v) is 11.8. The second-order valence-corrected chi connectivity index (χ2v) is 8.93. The standard InChI is InChI=1S/C27H30N4O4/c1-35-22-7-8-25-24(17-22)23(10-13-28-25)26(32)9-6-19-11-15-31(18-20(19)16-27(33)34)14-3-5-21-4-2-12-29-30-21/h2,4,7-8,10,12-13,17,19-20,26,32H,6,9,11,14-16,18H2,1H3,(H,33,34)/t19-,20+,26?/m1/s1. The number of ether oxygens (including phenoxy) is 1. The van der Waals surface area contributed by atoms with Gasteiger partial charge in [-0.15, -0.1) is 5.10 Å². The SMILES string of the molecule is COc1ccc2nccc(C(O)CC[C@@H]3CCN(CC#Cc4cccnn4)C[C@@H]3CC(=O)O)c2c1. The highest BCUT2D eigenvalue weighted by Gasteiger charge is 2.31. The van der Waals surface area contributed by atoms with E-state index >= 15 is 0 Å². The Balaban J connectivity index is 1.39. The Labute approximate surface area is 205 Å². The van der Waals surface area contributed by atoms with E-state index < -0.39 is 12.1 Å². The fourth-order valence-electron chi connectivity index (χ4n) is 4.84. The molecular weight excluding hydrogens is 444 g/mol. The van der Waals surface area contributed by atoms with Gasteiger partial charge in [0.05, 0.1) is 25.3 Å². The lowest BCUT2D eigenvalue weighted by atomic mass is 9.79. The van der Waals surface area contributed by atoms with Crippen LogP contribution in [0.3, 0.4) is 0 Å². The van der Waals surface area contributed by atoms with Crippen LogP contribution in [0.5, 0.6) is 5.75 Å². The zero-order chi connectivity index (χ0) is 24.6. The molecule has 35 heavy (non-hydrogen) atoms. The third kappa shape index (κ3) is 6.53. The summed E-state index contributed by atoms with van der Waals surface area (Å²) in [7, 11) is 1.62. The minimum Gasteiger partial charge on any atom is -0.497 e. The van der Waals surface area contributed by atoms with Crippen molar-refractivity contribution in [3.8, 4) is 17.6 Å². The number of likely N-dealkylation sites (tertiary alicyclic amines) is 1. The third-order valence-corrected chi connectivity index (χ3v) is 6.66. The molecule has 2 N–H and O–H groups in total. The van der Waals surface area contributed by atoms with Gasteiger partial charge in [-0.05, 0) is 85.5 Å². The van der Waals surface area contributed by atoms with E-state index in [2.05, 4.69) is 31.9 Å². The van der Waals surface area contributed by atoms with E-state index in [-0.39, 0.29) is 18.3 Å². The maximum atomic E-state index is 11.6. The first kappa shape index (κ1) is 24.6. The summed E-state index contributed by atoms with van der Waals surface area (Å²) < 4.78 is 5.34. The molecule has 182 valence electrons. The minimum atomic E-state index is -0.791. The van der Waals surface area contributed by atoms with Crippen LogP contribution in [-0.4, -0.2) is 63.0 Å². The summed E-state index contributed by atoms with van der Waals surface area (Å²) in [5, 5.41) is 29.2. The third-order valence-electron chi connectivity index (χ3n) is 6.66. The highest BCUT2D eigenvalue weighted by atomic mass is 16.5. The van der Waals surface area contributed by atoms with Crippen molar-refractivity contribution in [2.45, 2.75) is 31.8 Å². The van der Waals surface area contributed by atoms with Crippen LogP contribution in [0.4, 0.5) is 0 Å². The van der Waals surface area contributed by atoms with E-state index in [9.17, 15) is 15.0 Å². The van der Waals surface area contributed by atoms with Gasteiger partial charge in [0.25, 0.3) is 0 Å². The quantitative estimate of drug-likeness (QED) is 0.479. The lowest BCUT2D eigenvalue weighted by Gasteiger charge is -2.37. The number of carboxylic acid groups (broad SMARTS) is 1. The Kier molecular flexibility index (Phi) is 8.24. The van der Waals surface area contributed by atoms with E-state index in [1.165, 1.54) is 0 Å². The number of hydrogen-bond acceptors (Lipinski definition) is 7. The van der Waals surface area contributed by atoms with Gasteiger partial charge in [-0.25, -0.2) is 0 Å². The predicted molar refractivity (Wildman–Crippen MR) is 132 cm³/mol. The van der Waals surface area contributed by atoms with E-state index in [4.69, 9.17) is 4.74 Å². The maximum Gasteiger partial charge on any atom is 0.303 e. The monoisotopic (exact) mass is 474 g/mol. The number of aliphatic hydroxyl groups is 1. The van der Waals surface area contributed by atoms with Crippen molar-refractivity contribution in [2.24, 2.45) is 11.8 Å². The van der Waals surface area contributed by atoms with E-state index in [0.29, 0.717) is 25.2 Å². The number of aliphatic carboxylic acids is 1. The molecule has 1 saturated heterocycles. The molecule has 1 aliphatic heterocycles. The molecule has 0 aliphatic carbocycles. The molecule has 1 fully saturated rings. The van der Waals surface area contributed by atoms with Crippen molar-refractivity contribution < 1.29 is 19.7 Å². The number of carboxylic acids is 1. The van der Waals surface area contributed by atoms with Crippen LogP contribution >= 0.6 is 0 Å². The van der Waals surface area contributed by atoms with Crippen molar-refractivity contribution in [1.82, 2.24) is 20.1 Å². The predicted octanol–water partition coefficient (Wildman–Crippen LogP) is 3.31. The van der Waals surface area contributed by atoms with Gasteiger partial charge >= 0.3 is 5.97 Å². The number of rotatable bonds is 8. The van der Waals surface area contributed by atoms with Gasteiger partial charge in [0.15, 0.2) is 0 Å². The van der Waals surface area contributed by atoms with Gasteiger partial charge in [-0.1, -0.05) is 5.92 Å². The molecule has 3 aromatic rings. The highest BCUT2D eigenvalue weighted by Crippen LogP contribution is 2.34. The van der Waals surface area contributed by atoms with Crippen LogP contribution < -0.4 is 4.74 Å². The van der Waals surface area contributed by atoms with Gasteiger partial charge in [0, 0.05) is 30.7 Å². The zero-order valence-electron chi connectivity index (χ0n) is 19.8. The summed E-state index contributed by atoms with van der Waals surface area (Å²) in [6, 6.07) is 11.1. The summed E-state index contributed by atoms with van der Waals surface area (Å²) in [5.41, 5.74) is 2.25. The molecule has 3 atom stereocenters. The fourth-order valence-corrected chi connectivity index (χ4v) is 4.84. The van der Waals surface area contributed by atoms with E-state index in [1.807, 2.05) is 30.3 Å². The first-order valence-electron chi connectivity index (χ1n) is 11.8. The number of fused-ring (bicyclic) bond motifs is 1. The molecule has 0 bridgehead atoms. The molecule has 1 aliphatic rings. The second kappa shape index (κ2) is 11.7. The molecule has 0 saturated carbocycles. The maximum absolute atomic E-state index is 11.6. The Morgan fingerprint density at radius 3 is 2.91 bits per heavy atom. The summed E-state index contributed by atoms with van der Waals surface area (Å²) in [4.78, 5) is 18.1. The number of piperidine rings is 1. The van der Waals surface area contributed by atoms with Crippen molar-refractivity contribution in [2.75, 3.05) is 26.7 Å². The van der Waals surface area contributed by atoms with Gasteiger partial charge in [-0.3, -0.25) is 14.7 Å². The number of carbonyl (C=O) groups is 1. The smallest absolute Gasteiger partial charge is 0.303 e. The molecule has 2 aromatic heterocycles. The summed E-state index contributed by atoms with van der Waals surface area (Å²) in [6.45, 7) is 2.09. The van der Waals surface area contributed by atoms with E-state index in [1.54, 1.807) is 25.6 Å². The molecule has 1 aromatic carbocycles. The van der Waals surface area contributed by atoms with Crippen molar-refractivity contribution in [3.05, 3.63) is 60.0 Å². The van der Waals surface area contributed by atoms with Crippen LogP contribution in [-0.2, 0) is 4.79 Å². The molecule has 1 unspecified atom stereocenters. The van der Waals surface area contributed by atoms with Crippen molar-refractivity contribution >= 4 is 16.9 Å². The number of aromatic nitrogens is 3. The number of aliphatic hydroxyl groups excluding tert-OH is 1. The van der Waals surface area contributed by atoms with E-state index in [0.717, 1.165) is 41.6 Å². The Morgan fingerprint density at radius 1 is 1.26 bits per heavy atom. The molecule has 4 rings (SSSR count).